The number of carbonyl (C=O) groups excluding carboxylic acids is 1. The number of carbonyl (C=O) groups is 1. The second-order valence-electron chi connectivity index (χ2n) is 13.5. The molecule has 44 heavy (non-hydrogen) atoms. The monoisotopic (exact) mass is 590 g/mol. The number of hydrogen-bond donors (Lipinski definition) is 0. The summed E-state index contributed by atoms with van der Waals surface area (Å²) in [6, 6.07) is 31.9. The summed E-state index contributed by atoms with van der Waals surface area (Å²) < 4.78 is 21.0. The van der Waals surface area contributed by atoms with Crippen LogP contribution in [0, 0.1) is 17.8 Å². The first-order valence-electron chi connectivity index (χ1n) is 16.2. The largest absolute Gasteiger partial charge is 0.460 e. The smallest absolute Gasteiger partial charge is 0.303 e. The number of ether oxygens (including phenoxy) is 3. The summed E-state index contributed by atoms with van der Waals surface area (Å²) >= 11 is 0. The SMILES string of the molecule is CC(=O)OC(C)(C)[C@H]1CC=C(C)[C@H]2[C@@H]1[C@H]1O[C@@H]2C/C(C)=C/CC[C@H]1OC(c1ccccc1)(c1ccccc1)c1ccccc1. The van der Waals surface area contributed by atoms with Crippen molar-refractivity contribution in [2.24, 2.45) is 17.8 Å². The summed E-state index contributed by atoms with van der Waals surface area (Å²) in [5, 5.41) is 0. The zero-order chi connectivity index (χ0) is 30.9. The molecule has 6 rings (SSSR count). The number of esters is 1. The molecule has 2 aliphatic heterocycles. The lowest BCUT2D eigenvalue weighted by molar-refractivity contribution is -0.168. The van der Waals surface area contributed by atoms with E-state index in [9.17, 15) is 4.79 Å². The first-order valence-corrected chi connectivity index (χ1v) is 16.2. The van der Waals surface area contributed by atoms with Gasteiger partial charge in [-0.15, -0.1) is 0 Å². The van der Waals surface area contributed by atoms with Gasteiger partial charge in [-0.05, 0) is 70.1 Å². The molecule has 4 nitrogen and oxygen atoms in total. The van der Waals surface area contributed by atoms with E-state index in [1.807, 2.05) is 0 Å². The molecular formula is C40H46O4. The molecular weight excluding hydrogens is 544 g/mol. The van der Waals surface area contributed by atoms with Crippen LogP contribution in [0.5, 0.6) is 0 Å². The Kier molecular flexibility index (Phi) is 8.68. The van der Waals surface area contributed by atoms with Gasteiger partial charge in [-0.1, -0.05) is 114 Å². The maximum atomic E-state index is 12.3. The van der Waals surface area contributed by atoms with Crippen molar-refractivity contribution in [2.75, 3.05) is 0 Å². The highest BCUT2D eigenvalue weighted by atomic mass is 16.6. The Morgan fingerprint density at radius 2 is 1.36 bits per heavy atom. The van der Waals surface area contributed by atoms with E-state index in [0.717, 1.165) is 42.4 Å². The minimum atomic E-state index is -0.849. The Balaban J connectivity index is 1.52. The molecule has 0 saturated carbocycles. The van der Waals surface area contributed by atoms with E-state index >= 15 is 0 Å². The number of hydrogen-bond acceptors (Lipinski definition) is 4. The minimum Gasteiger partial charge on any atom is -0.460 e. The zero-order valence-corrected chi connectivity index (χ0v) is 26.7. The van der Waals surface area contributed by atoms with E-state index < -0.39 is 11.2 Å². The Hall–Kier alpha value is -3.47. The lowest BCUT2D eigenvalue weighted by Gasteiger charge is -2.46. The van der Waals surface area contributed by atoms with Crippen LogP contribution in [0.3, 0.4) is 0 Å². The maximum Gasteiger partial charge on any atom is 0.303 e. The fourth-order valence-corrected chi connectivity index (χ4v) is 8.35. The molecule has 0 unspecified atom stereocenters. The standard InChI is InChI=1S/C40H46O4/c1-27-16-15-23-34(38-37-33(39(4,5)43-29(3)41)25-24-28(2)36(37)35(26-27)42-38)44-40(30-17-9-6-10-18-30,31-19-11-7-12-20-31)32-21-13-8-14-22-32/h6-14,16-22,24,33-38H,15,23,25-26H2,1-5H3/b27-16+/t33-,34+,35+,36+,37+,38-/m0/s1. The average molecular weight is 591 g/mol. The number of rotatable bonds is 7. The van der Waals surface area contributed by atoms with E-state index in [2.05, 4.69) is 131 Å². The molecule has 1 aliphatic carbocycles. The molecule has 6 atom stereocenters. The Morgan fingerprint density at radius 3 is 1.89 bits per heavy atom. The predicted molar refractivity (Wildman–Crippen MR) is 175 cm³/mol. The van der Waals surface area contributed by atoms with Crippen LogP contribution in [0.4, 0.5) is 0 Å². The van der Waals surface area contributed by atoms with Crippen LogP contribution < -0.4 is 0 Å². The molecule has 3 aliphatic rings. The van der Waals surface area contributed by atoms with Crippen LogP contribution in [0.25, 0.3) is 0 Å². The van der Waals surface area contributed by atoms with Crippen LogP contribution in [-0.4, -0.2) is 29.9 Å². The molecule has 1 saturated heterocycles. The van der Waals surface area contributed by atoms with E-state index in [1.165, 1.54) is 18.1 Å². The van der Waals surface area contributed by atoms with Gasteiger partial charge in [0.1, 0.15) is 11.2 Å². The topological polar surface area (TPSA) is 44.8 Å². The van der Waals surface area contributed by atoms with Crippen molar-refractivity contribution in [3.05, 3.63) is 131 Å². The number of allylic oxidation sites excluding steroid dienone is 2. The zero-order valence-electron chi connectivity index (χ0n) is 26.7. The van der Waals surface area contributed by atoms with E-state index in [4.69, 9.17) is 14.2 Å². The van der Waals surface area contributed by atoms with E-state index in [1.54, 1.807) is 0 Å². The minimum absolute atomic E-state index is 0.0530. The molecule has 3 aromatic rings. The highest BCUT2D eigenvalue weighted by Gasteiger charge is 2.57. The molecule has 0 radical (unpaired) electrons. The molecule has 0 N–H and O–H groups in total. The van der Waals surface area contributed by atoms with Crippen LogP contribution in [0.15, 0.2) is 114 Å². The molecule has 0 aromatic heterocycles. The highest BCUT2D eigenvalue weighted by Crippen LogP contribution is 2.54. The Labute approximate surface area is 263 Å². The van der Waals surface area contributed by atoms with Gasteiger partial charge >= 0.3 is 5.97 Å². The number of benzene rings is 3. The van der Waals surface area contributed by atoms with Gasteiger partial charge in [-0.3, -0.25) is 4.79 Å². The van der Waals surface area contributed by atoms with Gasteiger partial charge in [-0.2, -0.15) is 0 Å². The quantitative estimate of drug-likeness (QED) is 0.157. The van der Waals surface area contributed by atoms with Gasteiger partial charge in [0.15, 0.2) is 0 Å². The summed E-state index contributed by atoms with van der Waals surface area (Å²) in [5.74, 6) is 0.245. The molecule has 230 valence electrons. The third kappa shape index (κ3) is 5.71. The molecule has 2 heterocycles. The van der Waals surface area contributed by atoms with Crippen LogP contribution in [-0.2, 0) is 24.6 Å². The summed E-state index contributed by atoms with van der Waals surface area (Å²) in [4.78, 5) is 12.3. The van der Waals surface area contributed by atoms with Crippen molar-refractivity contribution in [3.63, 3.8) is 0 Å². The third-order valence-corrected chi connectivity index (χ3v) is 10.2. The van der Waals surface area contributed by atoms with Gasteiger partial charge in [0, 0.05) is 24.7 Å². The van der Waals surface area contributed by atoms with Crippen molar-refractivity contribution < 1.29 is 19.0 Å². The fourth-order valence-electron chi connectivity index (χ4n) is 8.35. The van der Waals surface area contributed by atoms with Crippen molar-refractivity contribution in [1.82, 2.24) is 0 Å². The second kappa shape index (κ2) is 12.5. The molecule has 0 amide bonds. The Morgan fingerprint density at radius 1 is 0.818 bits per heavy atom. The van der Waals surface area contributed by atoms with Crippen molar-refractivity contribution in [1.29, 1.82) is 0 Å². The van der Waals surface area contributed by atoms with Crippen molar-refractivity contribution in [3.8, 4) is 0 Å². The molecule has 1 fully saturated rings. The third-order valence-electron chi connectivity index (χ3n) is 10.2. The molecule has 0 spiro atoms. The fraction of sp³-hybridized carbons (Fsp3) is 0.425. The van der Waals surface area contributed by atoms with Gasteiger partial charge in [0.25, 0.3) is 0 Å². The molecule has 2 bridgehead atoms. The summed E-state index contributed by atoms with van der Waals surface area (Å²) in [5.41, 5.74) is 4.52. The van der Waals surface area contributed by atoms with Gasteiger partial charge in [0.2, 0.25) is 0 Å². The van der Waals surface area contributed by atoms with Crippen molar-refractivity contribution >= 4 is 5.97 Å². The van der Waals surface area contributed by atoms with Crippen LogP contribution >= 0.6 is 0 Å². The predicted octanol–water partition coefficient (Wildman–Crippen LogP) is 8.80. The average Bonchev–Trinajstić information content (AvgIpc) is 3.41. The van der Waals surface area contributed by atoms with Crippen LogP contribution in [0.2, 0.25) is 0 Å². The van der Waals surface area contributed by atoms with Gasteiger partial charge in [-0.25, -0.2) is 0 Å². The first kappa shape index (κ1) is 30.6. The first-order chi connectivity index (χ1) is 21.2. The summed E-state index contributed by atoms with van der Waals surface area (Å²) in [7, 11) is 0. The molecule has 3 aromatic carbocycles. The Bertz CT molecular complexity index is 1390. The lowest BCUT2D eigenvalue weighted by Crippen LogP contribution is -2.50. The van der Waals surface area contributed by atoms with E-state index in [-0.39, 0.29) is 42.0 Å². The number of fused-ring (bicyclic) bond motifs is 5. The van der Waals surface area contributed by atoms with Gasteiger partial charge in [0.05, 0.1) is 18.3 Å². The van der Waals surface area contributed by atoms with Crippen molar-refractivity contribution in [2.45, 2.75) is 89.8 Å². The van der Waals surface area contributed by atoms with Gasteiger partial charge < -0.3 is 14.2 Å². The van der Waals surface area contributed by atoms with E-state index in [0.29, 0.717) is 0 Å². The summed E-state index contributed by atoms with van der Waals surface area (Å²) in [6.07, 6.45) is 7.92. The lowest BCUT2D eigenvalue weighted by atomic mass is 9.63. The normalized spacial score (nSPS) is 28.4. The van der Waals surface area contributed by atoms with Crippen LogP contribution in [0.1, 0.15) is 77.0 Å². The molecule has 4 heteroatoms. The second-order valence-corrected chi connectivity index (χ2v) is 13.5. The summed E-state index contributed by atoms with van der Waals surface area (Å²) in [6.45, 7) is 10.2. The maximum absolute atomic E-state index is 12.3. The highest BCUT2D eigenvalue weighted by molar-refractivity contribution is 5.66.